The Kier molecular flexibility index (Phi) is 5.29. The van der Waals surface area contributed by atoms with E-state index in [0.29, 0.717) is 12.0 Å². The van der Waals surface area contributed by atoms with Gasteiger partial charge in [-0.1, -0.05) is 19.9 Å². The summed E-state index contributed by atoms with van der Waals surface area (Å²) < 4.78 is 10.6. The molecule has 1 atom stereocenters. The zero-order valence-corrected chi connectivity index (χ0v) is 11.4. The molecule has 0 aromatic heterocycles. The molecule has 0 radical (unpaired) electrons. The number of benzene rings is 1. The molecule has 1 unspecified atom stereocenters. The number of methoxy groups -OCH3 is 2. The van der Waals surface area contributed by atoms with Crippen LogP contribution in [0.5, 0.6) is 11.5 Å². The highest BCUT2D eigenvalue weighted by Crippen LogP contribution is 2.32. The summed E-state index contributed by atoms with van der Waals surface area (Å²) in [4.78, 5) is 0. The SMILES string of the molecule is CNC(CC(C)C)c1ccc(OC)cc1OC. The van der Waals surface area contributed by atoms with E-state index in [9.17, 15) is 0 Å². The Morgan fingerprint density at radius 2 is 1.88 bits per heavy atom. The van der Waals surface area contributed by atoms with Crippen LogP contribution < -0.4 is 14.8 Å². The molecule has 1 aromatic rings. The van der Waals surface area contributed by atoms with Gasteiger partial charge in [0, 0.05) is 17.7 Å². The summed E-state index contributed by atoms with van der Waals surface area (Å²) in [5.74, 6) is 2.34. The summed E-state index contributed by atoms with van der Waals surface area (Å²) in [7, 11) is 5.34. The van der Waals surface area contributed by atoms with Crippen molar-refractivity contribution in [2.24, 2.45) is 5.92 Å². The number of hydrogen-bond acceptors (Lipinski definition) is 3. The van der Waals surface area contributed by atoms with Gasteiger partial charge >= 0.3 is 0 Å². The highest BCUT2D eigenvalue weighted by atomic mass is 16.5. The molecule has 0 bridgehead atoms. The third-order valence-electron chi connectivity index (χ3n) is 2.87. The molecular formula is C14H23NO2. The third kappa shape index (κ3) is 3.63. The van der Waals surface area contributed by atoms with E-state index in [4.69, 9.17) is 9.47 Å². The number of rotatable bonds is 6. The van der Waals surface area contributed by atoms with E-state index < -0.39 is 0 Å². The topological polar surface area (TPSA) is 30.5 Å². The van der Waals surface area contributed by atoms with Gasteiger partial charge in [0.25, 0.3) is 0 Å². The van der Waals surface area contributed by atoms with Crippen molar-refractivity contribution < 1.29 is 9.47 Å². The van der Waals surface area contributed by atoms with Gasteiger partial charge < -0.3 is 14.8 Å². The normalized spacial score (nSPS) is 12.6. The Hall–Kier alpha value is -1.22. The first-order valence-electron chi connectivity index (χ1n) is 6.01. The molecule has 17 heavy (non-hydrogen) atoms. The first-order chi connectivity index (χ1) is 8.12. The van der Waals surface area contributed by atoms with Crippen molar-refractivity contribution in [2.75, 3.05) is 21.3 Å². The van der Waals surface area contributed by atoms with Crippen molar-refractivity contribution in [1.82, 2.24) is 5.32 Å². The number of hydrogen-bond donors (Lipinski definition) is 1. The Labute approximate surface area is 104 Å². The predicted octanol–water partition coefficient (Wildman–Crippen LogP) is 3.01. The lowest BCUT2D eigenvalue weighted by Crippen LogP contribution is -2.19. The van der Waals surface area contributed by atoms with E-state index in [-0.39, 0.29) is 0 Å². The molecule has 0 spiro atoms. The van der Waals surface area contributed by atoms with E-state index in [1.807, 2.05) is 19.2 Å². The maximum Gasteiger partial charge on any atom is 0.127 e. The predicted molar refractivity (Wildman–Crippen MR) is 70.8 cm³/mol. The monoisotopic (exact) mass is 237 g/mol. The zero-order chi connectivity index (χ0) is 12.8. The molecule has 0 amide bonds. The summed E-state index contributed by atoms with van der Waals surface area (Å²) >= 11 is 0. The molecular weight excluding hydrogens is 214 g/mol. The Balaban J connectivity index is 3.01. The van der Waals surface area contributed by atoms with Crippen LogP contribution in [0, 0.1) is 5.92 Å². The van der Waals surface area contributed by atoms with Crippen LogP contribution in [0.1, 0.15) is 31.9 Å². The van der Waals surface area contributed by atoms with Crippen molar-refractivity contribution in [2.45, 2.75) is 26.3 Å². The van der Waals surface area contributed by atoms with Gasteiger partial charge in [-0.15, -0.1) is 0 Å². The maximum atomic E-state index is 5.43. The van der Waals surface area contributed by atoms with Crippen LogP contribution in [0.15, 0.2) is 18.2 Å². The van der Waals surface area contributed by atoms with E-state index >= 15 is 0 Å². The van der Waals surface area contributed by atoms with Crippen molar-refractivity contribution in [1.29, 1.82) is 0 Å². The van der Waals surface area contributed by atoms with Crippen molar-refractivity contribution in [3.63, 3.8) is 0 Å². The highest BCUT2D eigenvalue weighted by molar-refractivity contribution is 5.42. The van der Waals surface area contributed by atoms with Crippen LogP contribution in [0.4, 0.5) is 0 Å². The van der Waals surface area contributed by atoms with Gasteiger partial charge in [-0.25, -0.2) is 0 Å². The molecule has 0 heterocycles. The molecule has 1 N–H and O–H groups in total. The van der Waals surface area contributed by atoms with Gasteiger partial charge in [0.05, 0.1) is 14.2 Å². The van der Waals surface area contributed by atoms with E-state index in [0.717, 1.165) is 17.9 Å². The van der Waals surface area contributed by atoms with E-state index in [1.165, 1.54) is 5.56 Å². The fourth-order valence-electron chi connectivity index (χ4n) is 1.98. The Bertz CT molecular complexity index is 350. The molecule has 1 aromatic carbocycles. The van der Waals surface area contributed by atoms with Gasteiger partial charge in [0.1, 0.15) is 11.5 Å². The minimum absolute atomic E-state index is 0.316. The third-order valence-corrected chi connectivity index (χ3v) is 2.87. The van der Waals surface area contributed by atoms with Gasteiger partial charge in [-0.2, -0.15) is 0 Å². The van der Waals surface area contributed by atoms with Gasteiger partial charge in [0.15, 0.2) is 0 Å². The fraction of sp³-hybridized carbons (Fsp3) is 0.571. The average Bonchev–Trinajstić information content (AvgIpc) is 2.35. The second-order valence-electron chi connectivity index (χ2n) is 4.58. The van der Waals surface area contributed by atoms with Crippen LogP contribution in [0.25, 0.3) is 0 Å². The van der Waals surface area contributed by atoms with Crippen LogP contribution in [-0.4, -0.2) is 21.3 Å². The van der Waals surface area contributed by atoms with Crippen molar-refractivity contribution in [3.05, 3.63) is 23.8 Å². The summed E-state index contributed by atoms with van der Waals surface area (Å²) in [5, 5.41) is 3.34. The van der Waals surface area contributed by atoms with Crippen LogP contribution >= 0.6 is 0 Å². The van der Waals surface area contributed by atoms with Crippen molar-refractivity contribution in [3.8, 4) is 11.5 Å². The second kappa shape index (κ2) is 6.50. The first kappa shape index (κ1) is 13.8. The fourth-order valence-corrected chi connectivity index (χ4v) is 1.98. The number of nitrogens with one attached hydrogen (secondary N) is 1. The second-order valence-corrected chi connectivity index (χ2v) is 4.58. The largest absolute Gasteiger partial charge is 0.497 e. The van der Waals surface area contributed by atoms with Gasteiger partial charge in [-0.3, -0.25) is 0 Å². The zero-order valence-electron chi connectivity index (χ0n) is 11.4. The van der Waals surface area contributed by atoms with Crippen LogP contribution in [0.3, 0.4) is 0 Å². The number of ether oxygens (including phenoxy) is 2. The molecule has 0 aliphatic carbocycles. The molecule has 3 nitrogen and oxygen atoms in total. The van der Waals surface area contributed by atoms with Crippen LogP contribution in [0.2, 0.25) is 0 Å². The Morgan fingerprint density at radius 1 is 1.18 bits per heavy atom. The molecule has 0 saturated carbocycles. The van der Waals surface area contributed by atoms with Gasteiger partial charge in [0.2, 0.25) is 0 Å². The quantitative estimate of drug-likeness (QED) is 0.825. The maximum absolute atomic E-state index is 5.43. The molecule has 96 valence electrons. The van der Waals surface area contributed by atoms with Gasteiger partial charge in [-0.05, 0) is 25.5 Å². The molecule has 0 saturated heterocycles. The van der Waals surface area contributed by atoms with E-state index in [1.54, 1.807) is 14.2 Å². The lowest BCUT2D eigenvalue weighted by atomic mass is 9.96. The smallest absolute Gasteiger partial charge is 0.127 e. The average molecular weight is 237 g/mol. The summed E-state index contributed by atoms with van der Waals surface area (Å²) in [6.45, 7) is 4.45. The molecule has 3 heteroatoms. The first-order valence-corrected chi connectivity index (χ1v) is 6.01. The minimum atomic E-state index is 0.316. The summed E-state index contributed by atoms with van der Waals surface area (Å²) in [6.07, 6.45) is 1.08. The van der Waals surface area contributed by atoms with Crippen LogP contribution in [-0.2, 0) is 0 Å². The lowest BCUT2D eigenvalue weighted by molar-refractivity contribution is 0.377. The molecule has 0 aliphatic rings. The highest BCUT2D eigenvalue weighted by Gasteiger charge is 2.16. The Morgan fingerprint density at radius 3 is 2.35 bits per heavy atom. The summed E-state index contributed by atoms with van der Waals surface area (Å²) in [6, 6.07) is 6.29. The van der Waals surface area contributed by atoms with E-state index in [2.05, 4.69) is 25.2 Å². The lowest BCUT2D eigenvalue weighted by Gasteiger charge is -2.21. The van der Waals surface area contributed by atoms with Crippen molar-refractivity contribution >= 4 is 0 Å². The minimum Gasteiger partial charge on any atom is -0.497 e. The molecule has 0 fully saturated rings. The summed E-state index contributed by atoms with van der Waals surface area (Å²) in [5.41, 5.74) is 1.18. The molecule has 0 aliphatic heterocycles. The molecule has 1 rings (SSSR count). The standard InChI is InChI=1S/C14H23NO2/c1-10(2)8-13(15-3)12-7-6-11(16-4)9-14(12)17-5/h6-7,9-10,13,15H,8H2,1-5H3.